The van der Waals surface area contributed by atoms with Gasteiger partial charge < -0.3 is 0 Å². The van der Waals surface area contributed by atoms with Crippen molar-refractivity contribution < 1.29 is 22.0 Å². The molecule has 0 aromatic carbocycles. The van der Waals surface area contributed by atoms with Crippen LogP contribution in [0.2, 0.25) is 0 Å². The van der Waals surface area contributed by atoms with E-state index in [2.05, 4.69) is 20.9 Å². The molecule has 1 aromatic rings. The number of halogens is 6. The molecule has 0 atom stereocenters. The van der Waals surface area contributed by atoms with Gasteiger partial charge in [-0.15, -0.1) is 0 Å². The number of alkyl halides is 5. The SMILES string of the molecule is FC(F)c1ncc(C(F)(F)F)cc1Br. The van der Waals surface area contributed by atoms with E-state index >= 15 is 0 Å². The lowest BCUT2D eigenvalue weighted by Crippen LogP contribution is -2.06. The topological polar surface area (TPSA) is 12.9 Å². The van der Waals surface area contributed by atoms with Gasteiger partial charge in [0.25, 0.3) is 6.43 Å². The van der Waals surface area contributed by atoms with Gasteiger partial charge in [0, 0.05) is 10.7 Å². The van der Waals surface area contributed by atoms with Crippen LogP contribution in [0.1, 0.15) is 17.7 Å². The van der Waals surface area contributed by atoms with Crippen LogP contribution in [0.4, 0.5) is 22.0 Å². The van der Waals surface area contributed by atoms with Crippen molar-refractivity contribution in [3.8, 4) is 0 Å². The van der Waals surface area contributed by atoms with Gasteiger partial charge in [0.05, 0.1) is 5.56 Å². The van der Waals surface area contributed by atoms with Gasteiger partial charge in [-0.3, -0.25) is 4.98 Å². The zero-order chi connectivity index (χ0) is 10.9. The minimum absolute atomic E-state index is 0.345. The summed E-state index contributed by atoms with van der Waals surface area (Å²) in [6.45, 7) is 0. The molecule has 1 rings (SSSR count). The van der Waals surface area contributed by atoms with Crippen molar-refractivity contribution in [2.24, 2.45) is 0 Å². The van der Waals surface area contributed by atoms with Crippen molar-refractivity contribution in [3.05, 3.63) is 28.0 Å². The molecule has 0 fully saturated rings. The van der Waals surface area contributed by atoms with Gasteiger partial charge in [-0.25, -0.2) is 8.78 Å². The van der Waals surface area contributed by atoms with E-state index in [1.54, 1.807) is 0 Å². The van der Waals surface area contributed by atoms with E-state index in [9.17, 15) is 22.0 Å². The van der Waals surface area contributed by atoms with Crippen LogP contribution in [0.25, 0.3) is 0 Å². The molecule has 1 heterocycles. The molecule has 0 N–H and O–H groups in total. The maximum Gasteiger partial charge on any atom is 0.417 e. The predicted molar refractivity (Wildman–Crippen MR) is 41.9 cm³/mol. The van der Waals surface area contributed by atoms with Gasteiger partial charge in [0.2, 0.25) is 0 Å². The van der Waals surface area contributed by atoms with Crippen molar-refractivity contribution in [2.45, 2.75) is 12.6 Å². The summed E-state index contributed by atoms with van der Waals surface area (Å²) in [6.07, 6.45) is -7.09. The van der Waals surface area contributed by atoms with Crippen molar-refractivity contribution in [1.29, 1.82) is 0 Å². The Morgan fingerprint density at radius 3 is 2.21 bits per heavy atom. The lowest BCUT2D eigenvalue weighted by atomic mass is 10.2. The molecule has 0 bridgehead atoms. The normalized spacial score (nSPS) is 12.2. The Labute approximate surface area is 84.1 Å². The molecule has 0 radical (unpaired) electrons. The summed E-state index contributed by atoms with van der Waals surface area (Å²) in [4.78, 5) is 3.03. The predicted octanol–water partition coefficient (Wildman–Crippen LogP) is 3.80. The van der Waals surface area contributed by atoms with Crippen LogP contribution in [-0.2, 0) is 6.18 Å². The van der Waals surface area contributed by atoms with E-state index in [1.807, 2.05) is 0 Å². The molecule has 0 amide bonds. The summed E-state index contributed by atoms with van der Waals surface area (Å²) >= 11 is 2.60. The fraction of sp³-hybridized carbons (Fsp3) is 0.286. The summed E-state index contributed by atoms with van der Waals surface area (Å²) in [5.41, 5.74) is -1.76. The third kappa shape index (κ3) is 2.40. The van der Waals surface area contributed by atoms with Crippen molar-refractivity contribution in [3.63, 3.8) is 0 Å². The Balaban J connectivity index is 3.13. The number of hydrogen-bond acceptors (Lipinski definition) is 1. The largest absolute Gasteiger partial charge is 0.417 e. The first-order valence-electron chi connectivity index (χ1n) is 3.33. The van der Waals surface area contributed by atoms with Crippen molar-refractivity contribution >= 4 is 15.9 Å². The number of aromatic nitrogens is 1. The molecule has 78 valence electrons. The van der Waals surface area contributed by atoms with E-state index in [0.717, 1.165) is 0 Å². The van der Waals surface area contributed by atoms with Crippen LogP contribution in [0.15, 0.2) is 16.7 Å². The summed E-state index contributed by atoms with van der Waals surface area (Å²) in [5.74, 6) is 0. The molecular formula is C7H3BrF5N. The minimum atomic E-state index is -4.57. The molecule has 0 aliphatic carbocycles. The average Bonchev–Trinajstić information content (AvgIpc) is 2.01. The van der Waals surface area contributed by atoms with Gasteiger partial charge in [-0.2, -0.15) is 13.2 Å². The molecule has 0 aliphatic heterocycles. The van der Waals surface area contributed by atoms with Gasteiger partial charge in [-0.05, 0) is 22.0 Å². The van der Waals surface area contributed by atoms with Crippen molar-refractivity contribution in [1.82, 2.24) is 4.98 Å². The smallest absolute Gasteiger partial charge is 0.253 e. The zero-order valence-electron chi connectivity index (χ0n) is 6.45. The first-order chi connectivity index (χ1) is 6.32. The quantitative estimate of drug-likeness (QED) is 0.711. The second-order valence-corrected chi connectivity index (χ2v) is 3.24. The van der Waals surface area contributed by atoms with Crippen LogP contribution >= 0.6 is 15.9 Å². The first kappa shape index (κ1) is 11.4. The number of nitrogens with zero attached hydrogens (tertiary/aromatic N) is 1. The lowest BCUT2D eigenvalue weighted by Gasteiger charge is -2.08. The van der Waals surface area contributed by atoms with Crippen LogP contribution in [0.5, 0.6) is 0 Å². The second-order valence-electron chi connectivity index (χ2n) is 2.39. The molecule has 1 aromatic heterocycles. The number of hydrogen-bond donors (Lipinski definition) is 0. The van der Waals surface area contributed by atoms with Crippen LogP contribution in [0, 0.1) is 0 Å². The average molecular weight is 276 g/mol. The molecule has 1 nitrogen and oxygen atoms in total. The summed E-state index contributed by atoms with van der Waals surface area (Å²) in [6, 6.07) is 0.578. The van der Waals surface area contributed by atoms with Gasteiger partial charge in [0.1, 0.15) is 5.69 Å². The van der Waals surface area contributed by atoms with Crippen LogP contribution < -0.4 is 0 Å². The van der Waals surface area contributed by atoms with Gasteiger partial charge >= 0.3 is 6.18 Å². The Morgan fingerprint density at radius 1 is 1.29 bits per heavy atom. The minimum Gasteiger partial charge on any atom is -0.253 e. The van der Waals surface area contributed by atoms with Gasteiger partial charge in [0.15, 0.2) is 0 Å². The lowest BCUT2D eigenvalue weighted by molar-refractivity contribution is -0.137. The number of pyridine rings is 1. The Bertz CT molecular complexity index is 335. The Morgan fingerprint density at radius 2 is 1.86 bits per heavy atom. The highest BCUT2D eigenvalue weighted by atomic mass is 79.9. The van der Waals surface area contributed by atoms with Crippen LogP contribution in [-0.4, -0.2) is 4.98 Å². The van der Waals surface area contributed by atoms with E-state index in [-0.39, 0.29) is 4.47 Å². The second kappa shape index (κ2) is 3.80. The Hall–Kier alpha value is -0.720. The third-order valence-corrected chi connectivity index (χ3v) is 2.04. The number of rotatable bonds is 1. The molecule has 14 heavy (non-hydrogen) atoms. The van der Waals surface area contributed by atoms with E-state index in [4.69, 9.17) is 0 Å². The molecule has 0 spiro atoms. The first-order valence-corrected chi connectivity index (χ1v) is 4.12. The molecule has 7 heteroatoms. The molecule has 0 unspecified atom stereocenters. The summed E-state index contributed by atoms with van der Waals surface area (Å²) in [5, 5.41) is 0. The van der Waals surface area contributed by atoms with Gasteiger partial charge in [-0.1, -0.05) is 0 Å². The van der Waals surface area contributed by atoms with Crippen molar-refractivity contribution in [2.75, 3.05) is 0 Å². The van der Waals surface area contributed by atoms with Crippen LogP contribution in [0.3, 0.4) is 0 Å². The van der Waals surface area contributed by atoms with E-state index < -0.39 is 23.9 Å². The molecule has 0 saturated heterocycles. The fourth-order valence-corrected chi connectivity index (χ4v) is 1.29. The summed E-state index contributed by atoms with van der Waals surface area (Å²) < 4.78 is 60.0. The maximum atomic E-state index is 12.1. The van der Waals surface area contributed by atoms with E-state index in [1.165, 1.54) is 0 Å². The standard InChI is InChI=1S/C7H3BrF5N/c8-4-1-3(7(11,12)13)2-14-5(4)6(9)10/h1-2,6H. The zero-order valence-corrected chi connectivity index (χ0v) is 8.03. The Kier molecular flexibility index (Phi) is 3.08. The highest BCUT2D eigenvalue weighted by Crippen LogP contribution is 2.33. The maximum absolute atomic E-state index is 12.1. The fourth-order valence-electron chi connectivity index (χ4n) is 0.764. The molecule has 0 saturated carbocycles. The highest BCUT2D eigenvalue weighted by molar-refractivity contribution is 9.10. The molecular weight excluding hydrogens is 273 g/mol. The third-order valence-electron chi connectivity index (χ3n) is 1.40. The molecule has 0 aliphatic rings. The summed E-state index contributed by atoms with van der Waals surface area (Å²) in [7, 11) is 0. The monoisotopic (exact) mass is 275 g/mol. The van der Waals surface area contributed by atoms with E-state index in [0.29, 0.717) is 12.3 Å². The highest BCUT2D eigenvalue weighted by Gasteiger charge is 2.32.